The van der Waals surface area contributed by atoms with Gasteiger partial charge in [0, 0.05) is 12.8 Å². The van der Waals surface area contributed by atoms with Gasteiger partial charge < -0.3 is 29.5 Å². The summed E-state index contributed by atoms with van der Waals surface area (Å²) in [6.07, 6.45) is 25.0. The Labute approximate surface area is 278 Å². The molecule has 10 nitrogen and oxygen atoms in total. The highest BCUT2D eigenvalue weighted by molar-refractivity contribution is 7.46. The van der Waals surface area contributed by atoms with Crippen molar-refractivity contribution in [3.05, 3.63) is 24.3 Å². The van der Waals surface area contributed by atoms with E-state index in [0.717, 1.165) is 77.0 Å². The molecule has 0 radical (unpaired) electrons. The number of phosphoric ester groups is 1. The molecule has 0 saturated carbocycles. The summed E-state index contributed by atoms with van der Waals surface area (Å²) in [5.74, 6) is -1.01. The van der Waals surface area contributed by atoms with E-state index in [9.17, 15) is 24.4 Å². The van der Waals surface area contributed by atoms with Gasteiger partial charge in [-0.1, -0.05) is 109 Å². The van der Waals surface area contributed by atoms with E-state index in [0.29, 0.717) is 25.7 Å². The van der Waals surface area contributed by atoms with Crippen molar-refractivity contribution in [1.29, 1.82) is 0 Å². The average Bonchev–Trinajstić information content (AvgIpc) is 3.01. The third-order valence-electron chi connectivity index (χ3n) is 7.64. The third-order valence-corrected chi connectivity index (χ3v) is 8.13. The molecule has 0 heterocycles. The predicted octanol–water partition coefficient (Wildman–Crippen LogP) is 8.01. The number of hydrogen-bond acceptors (Lipinski definition) is 8. The first-order chi connectivity index (χ1) is 22.1. The second-order valence-electron chi connectivity index (χ2n) is 12.1. The van der Waals surface area contributed by atoms with Crippen LogP contribution in [-0.4, -0.2) is 63.5 Å². The average molecular weight is 677 g/mol. The molecule has 0 bridgehead atoms. The van der Waals surface area contributed by atoms with Crippen molar-refractivity contribution in [2.24, 2.45) is 0 Å². The largest absolute Gasteiger partial charge is 0.469 e. The minimum atomic E-state index is -4.78. The Morgan fingerprint density at radius 2 is 1.15 bits per heavy atom. The molecule has 0 aromatic carbocycles. The zero-order valence-corrected chi connectivity index (χ0v) is 29.6. The summed E-state index contributed by atoms with van der Waals surface area (Å²) in [6.45, 7) is 3.42. The summed E-state index contributed by atoms with van der Waals surface area (Å²) in [7, 11) is -4.78. The van der Waals surface area contributed by atoms with Crippen molar-refractivity contribution in [1.82, 2.24) is 0 Å². The van der Waals surface area contributed by atoms with E-state index in [1.165, 1.54) is 25.7 Å². The van der Waals surface area contributed by atoms with Gasteiger partial charge in [0.2, 0.25) is 0 Å². The van der Waals surface area contributed by atoms with Crippen LogP contribution in [0.5, 0.6) is 0 Å². The van der Waals surface area contributed by atoms with Crippen molar-refractivity contribution < 1.29 is 48.2 Å². The van der Waals surface area contributed by atoms with E-state index in [1.807, 2.05) is 6.08 Å². The van der Waals surface area contributed by atoms with Crippen molar-refractivity contribution in [3.8, 4) is 0 Å². The van der Waals surface area contributed by atoms with E-state index in [2.05, 4.69) is 36.6 Å². The second kappa shape index (κ2) is 30.8. The summed E-state index contributed by atoms with van der Waals surface area (Å²) in [4.78, 5) is 42.6. The molecule has 0 aromatic rings. The van der Waals surface area contributed by atoms with Crippen LogP contribution in [0.2, 0.25) is 0 Å². The lowest BCUT2D eigenvalue weighted by Gasteiger charge is -2.18. The van der Waals surface area contributed by atoms with Crippen LogP contribution in [0, 0.1) is 0 Å². The predicted molar refractivity (Wildman–Crippen MR) is 182 cm³/mol. The first-order valence-electron chi connectivity index (χ1n) is 17.8. The number of rotatable bonds is 32. The van der Waals surface area contributed by atoms with Crippen LogP contribution in [0.15, 0.2) is 24.3 Å². The Kier molecular flexibility index (Phi) is 29.7. The van der Waals surface area contributed by atoms with Crippen LogP contribution in [0.3, 0.4) is 0 Å². The van der Waals surface area contributed by atoms with Gasteiger partial charge >= 0.3 is 19.8 Å². The van der Waals surface area contributed by atoms with E-state index >= 15 is 0 Å². The first kappa shape index (κ1) is 44.5. The van der Waals surface area contributed by atoms with Crippen LogP contribution < -0.4 is 0 Å². The summed E-state index contributed by atoms with van der Waals surface area (Å²) >= 11 is 0. The quantitative estimate of drug-likeness (QED) is 0.0238. The number of carbonyl (C=O) groups is 2. The Balaban J connectivity index is 4.12. The minimum absolute atomic E-state index is 0.167. The number of allylic oxidation sites excluding steroid dienone is 3. The summed E-state index contributed by atoms with van der Waals surface area (Å²) in [5, 5.41) is 20.3. The van der Waals surface area contributed by atoms with Crippen LogP contribution >= 0.6 is 7.82 Å². The maximum absolute atomic E-state index is 12.3. The lowest BCUT2D eigenvalue weighted by atomic mass is 10.0. The standard InChI is InChI=1S/C35H65O10P/c1-3-5-7-9-11-12-13-14-15-19-24-28-35(39)45-31(30-44-46(40,41)42)29-43-34(38)27-23-20-16-18-22-26-33(37)32(36)25-21-17-10-8-6-4-2/h9,11,17,21,31-33,36-37H,3-8,10,12-16,18-20,22-30H2,1-2H3,(H2,40,41,42)/b11-9-,21-17-/t31-,32-,33-/m1/s1. The molecule has 0 rings (SSSR count). The van der Waals surface area contributed by atoms with Crippen LogP contribution in [0.4, 0.5) is 0 Å². The third kappa shape index (κ3) is 31.1. The van der Waals surface area contributed by atoms with Gasteiger partial charge in [-0.05, 0) is 57.8 Å². The number of carbonyl (C=O) groups excluding carboxylic acids is 2. The van der Waals surface area contributed by atoms with E-state index in [4.69, 9.17) is 19.3 Å². The van der Waals surface area contributed by atoms with Gasteiger partial charge in [0.25, 0.3) is 0 Å². The summed E-state index contributed by atoms with van der Waals surface area (Å²) < 4.78 is 26.1. The maximum atomic E-state index is 12.3. The molecule has 0 amide bonds. The second-order valence-corrected chi connectivity index (χ2v) is 13.4. The molecule has 0 spiro atoms. The number of aliphatic hydroxyl groups excluding tert-OH is 2. The topological polar surface area (TPSA) is 160 Å². The molecule has 0 unspecified atom stereocenters. The molecule has 0 aliphatic rings. The van der Waals surface area contributed by atoms with Gasteiger partial charge in [0.15, 0.2) is 6.10 Å². The van der Waals surface area contributed by atoms with Crippen LogP contribution in [0.25, 0.3) is 0 Å². The highest BCUT2D eigenvalue weighted by Gasteiger charge is 2.23. The summed E-state index contributed by atoms with van der Waals surface area (Å²) in [6, 6.07) is 0. The highest BCUT2D eigenvalue weighted by atomic mass is 31.2. The Morgan fingerprint density at radius 3 is 1.78 bits per heavy atom. The molecule has 0 saturated heterocycles. The molecule has 270 valence electrons. The summed E-state index contributed by atoms with van der Waals surface area (Å²) in [5.41, 5.74) is 0. The smallest absolute Gasteiger partial charge is 0.462 e. The number of unbranched alkanes of at least 4 members (excludes halogenated alkanes) is 14. The fraction of sp³-hybridized carbons (Fsp3) is 0.829. The molecule has 11 heteroatoms. The molecular formula is C35H65O10P. The molecule has 0 aliphatic carbocycles. The fourth-order valence-electron chi connectivity index (χ4n) is 4.79. The molecule has 3 atom stereocenters. The van der Waals surface area contributed by atoms with Crippen molar-refractivity contribution in [3.63, 3.8) is 0 Å². The highest BCUT2D eigenvalue weighted by Crippen LogP contribution is 2.36. The van der Waals surface area contributed by atoms with Crippen LogP contribution in [-0.2, 0) is 28.2 Å². The number of phosphoric acid groups is 1. The Hall–Kier alpha value is -1.55. The number of ether oxygens (including phenoxy) is 2. The lowest BCUT2D eigenvalue weighted by molar-refractivity contribution is -0.161. The molecular weight excluding hydrogens is 611 g/mol. The van der Waals surface area contributed by atoms with Crippen LogP contribution in [0.1, 0.15) is 155 Å². The molecule has 46 heavy (non-hydrogen) atoms. The van der Waals surface area contributed by atoms with E-state index < -0.39 is 44.7 Å². The fourth-order valence-corrected chi connectivity index (χ4v) is 5.15. The van der Waals surface area contributed by atoms with Gasteiger partial charge in [-0.2, -0.15) is 0 Å². The van der Waals surface area contributed by atoms with E-state index in [-0.39, 0.29) is 19.4 Å². The molecule has 0 aliphatic heterocycles. The van der Waals surface area contributed by atoms with Gasteiger partial charge in [-0.25, -0.2) is 4.57 Å². The number of aliphatic hydroxyl groups is 2. The van der Waals surface area contributed by atoms with Crippen molar-refractivity contribution >= 4 is 19.8 Å². The maximum Gasteiger partial charge on any atom is 0.469 e. The van der Waals surface area contributed by atoms with Gasteiger partial charge in [-0.15, -0.1) is 0 Å². The van der Waals surface area contributed by atoms with Gasteiger partial charge in [-0.3, -0.25) is 14.1 Å². The lowest BCUT2D eigenvalue weighted by Crippen LogP contribution is -2.29. The molecule has 4 N–H and O–H groups in total. The number of hydrogen-bond donors (Lipinski definition) is 4. The zero-order chi connectivity index (χ0) is 34.3. The SMILES string of the molecule is CCCC/C=C\CCCCCCCC(=O)O[C@H](COC(=O)CCCCCCC[C@@H](O)[C@H](O)C/C=C\CCCCC)COP(=O)(O)O. The Bertz CT molecular complexity index is 841. The van der Waals surface area contributed by atoms with E-state index in [1.54, 1.807) is 0 Å². The van der Waals surface area contributed by atoms with Crippen molar-refractivity contribution in [2.45, 2.75) is 173 Å². The van der Waals surface area contributed by atoms with Gasteiger partial charge in [0.05, 0.1) is 18.8 Å². The first-order valence-corrected chi connectivity index (χ1v) is 19.3. The molecule has 0 aromatic heterocycles. The van der Waals surface area contributed by atoms with Gasteiger partial charge in [0.1, 0.15) is 6.61 Å². The Morgan fingerprint density at radius 1 is 0.630 bits per heavy atom. The monoisotopic (exact) mass is 676 g/mol. The van der Waals surface area contributed by atoms with Crippen molar-refractivity contribution in [2.75, 3.05) is 13.2 Å². The molecule has 0 fully saturated rings. The minimum Gasteiger partial charge on any atom is -0.462 e. The normalized spacial score (nSPS) is 14.1. The zero-order valence-electron chi connectivity index (χ0n) is 28.7. The number of esters is 2.